The van der Waals surface area contributed by atoms with Crippen molar-refractivity contribution in [3.63, 3.8) is 0 Å². The highest BCUT2D eigenvalue weighted by Gasteiger charge is 2.44. The topological polar surface area (TPSA) is 83.4 Å². The average Bonchev–Trinajstić information content (AvgIpc) is 3.39. The van der Waals surface area contributed by atoms with Crippen LogP contribution in [0.25, 0.3) is 0 Å². The standard InChI is InChI=1S/C24H22F3N3O3/c25-24(26,27)19-12-18(30-22(32)16-8-11-33-14-16)6-7-20(19)28-13-21(31)29-15-23(9-10-23)17-4-2-1-3-5-17/h1-8,11-12,14,28H,9-10,13,15H2,(H,29,31)(H,30,32). The van der Waals surface area contributed by atoms with Gasteiger partial charge in [0, 0.05) is 23.3 Å². The van der Waals surface area contributed by atoms with Gasteiger partial charge in [-0.2, -0.15) is 13.2 Å². The Kier molecular flexibility index (Phi) is 6.13. The molecule has 172 valence electrons. The highest BCUT2D eigenvalue weighted by atomic mass is 19.4. The Balaban J connectivity index is 1.38. The van der Waals surface area contributed by atoms with Gasteiger partial charge < -0.3 is 20.4 Å². The lowest BCUT2D eigenvalue weighted by atomic mass is 9.96. The van der Waals surface area contributed by atoms with E-state index in [4.69, 9.17) is 4.42 Å². The predicted octanol–water partition coefficient (Wildman–Crippen LogP) is 4.81. The Hall–Kier alpha value is -3.75. The number of nitrogens with one attached hydrogen (secondary N) is 3. The lowest BCUT2D eigenvalue weighted by Gasteiger charge is -2.18. The Bertz CT molecular complexity index is 1120. The van der Waals surface area contributed by atoms with Crippen molar-refractivity contribution in [1.29, 1.82) is 0 Å². The second-order valence-electron chi connectivity index (χ2n) is 8.00. The quantitative estimate of drug-likeness (QED) is 0.453. The van der Waals surface area contributed by atoms with Crippen LogP contribution in [-0.2, 0) is 16.4 Å². The molecular formula is C24H22F3N3O3. The molecule has 9 heteroatoms. The fourth-order valence-corrected chi connectivity index (χ4v) is 3.62. The molecule has 0 radical (unpaired) electrons. The van der Waals surface area contributed by atoms with E-state index in [2.05, 4.69) is 16.0 Å². The molecule has 0 atom stereocenters. The van der Waals surface area contributed by atoms with E-state index in [0.29, 0.717) is 6.54 Å². The number of carbonyl (C=O) groups excluding carboxylic acids is 2. The summed E-state index contributed by atoms with van der Waals surface area (Å²) >= 11 is 0. The summed E-state index contributed by atoms with van der Waals surface area (Å²) in [5.41, 5.74) is -0.0198. The molecule has 1 aliphatic rings. The van der Waals surface area contributed by atoms with E-state index in [1.54, 1.807) is 0 Å². The first-order valence-electron chi connectivity index (χ1n) is 10.4. The Morgan fingerprint density at radius 2 is 1.79 bits per heavy atom. The lowest BCUT2D eigenvalue weighted by molar-refractivity contribution is -0.137. The van der Waals surface area contributed by atoms with Crippen LogP contribution in [0.5, 0.6) is 0 Å². The highest BCUT2D eigenvalue weighted by Crippen LogP contribution is 2.47. The minimum absolute atomic E-state index is 0.0259. The van der Waals surface area contributed by atoms with E-state index in [1.165, 1.54) is 30.7 Å². The van der Waals surface area contributed by atoms with Crippen LogP contribution in [0.2, 0.25) is 0 Å². The van der Waals surface area contributed by atoms with Gasteiger partial charge in [-0.05, 0) is 42.7 Å². The second-order valence-corrected chi connectivity index (χ2v) is 8.00. The maximum atomic E-state index is 13.6. The Morgan fingerprint density at radius 1 is 1.03 bits per heavy atom. The van der Waals surface area contributed by atoms with E-state index >= 15 is 0 Å². The molecule has 1 heterocycles. The molecule has 6 nitrogen and oxygen atoms in total. The van der Waals surface area contributed by atoms with Crippen LogP contribution in [0.1, 0.15) is 34.3 Å². The maximum Gasteiger partial charge on any atom is 0.418 e. The molecule has 2 aromatic carbocycles. The first-order chi connectivity index (χ1) is 15.8. The number of furan rings is 1. The predicted molar refractivity (Wildman–Crippen MR) is 117 cm³/mol. The largest absolute Gasteiger partial charge is 0.472 e. The van der Waals surface area contributed by atoms with Crippen molar-refractivity contribution >= 4 is 23.2 Å². The van der Waals surface area contributed by atoms with Crippen molar-refractivity contribution in [2.45, 2.75) is 24.4 Å². The van der Waals surface area contributed by atoms with Gasteiger partial charge in [-0.25, -0.2) is 0 Å². The van der Waals surface area contributed by atoms with Crippen molar-refractivity contribution in [3.8, 4) is 0 Å². The summed E-state index contributed by atoms with van der Waals surface area (Å²) in [6.45, 7) is 0.122. The zero-order valence-electron chi connectivity index (χ0n) is 17.5. The summed E-state index contributed by atoms with van der Waals surface area (Å²) in [7, 11) is 0. The molecule has 1 aromatic heterocycles. The van der Waals surface area contributed by atoms with Gasteiger partial charge in [0.25, 0.3) is 5.91 Å². The monoisotopic (exact) mass is 457 g/mol. The van der Waals surface area contributed by atoms with Crippen LogP contribution >= 0.6 is 0 Å². The van der Waals surface area contributed by atoms with Crippen molar-refractivity contribution < 1.29 is 27.2 Å². The smallest absolute Gasteiger partial charge is 0.418 e. The summed E-state index contributed by atoms with van der Waals surface area (Å²) in [5, 5.41) is 7.78. The molecular weight excluding hydrogens is 435 g/mol. The van der Waals surface area contributed by atoms with Crippen LogP contribution in [0, 0.1) is 0 Å². The molecule has 33 heavy (non-hydrogen) atoms. The molecule has 3 aromatic rings. The van der Waals surface area contributed by atoms with E-state index in [1.807, 2.05) is 30.3 Å². The molecule has 1 aliphatic carbocycles. The van der Waals surface area contributed by atoms with E-state index in [-0.39, 0.29) is 28.9 Å². The summed E-state index contributed by atoms with van der Waals surface area (Å²) < 4.78 is 45.6. The van der Waals surface area contributed by atoms with Gasteiger partial charge in [-0.3, -0.25) is 9.59 Å². The van der Waals surface area contributed by atoms with Gasteiger partial charge in [0.05, 0.1) is 23.9 Å². The Morgan fingerprint density at radius 3 is 2.42 bits per heavy atom. The van der Waals surface area contributed by atoms with Crippen LogP contribution in [-0.4, -0.2) is 24.9 Å². The summed E-state index contributed by atoms with van der Waals surface area (Å²) in [4.78, 5) is 24.4. The van der Waals surface area contributed by atoms with Gasteiger partial charge in [0.1, 0.15) is 6.26 Å². The SMILES string of the molecule is O=C(CNc1ccc(NC(=O)c2ccoc2)cc1C(F)(F)F)NCC1(c2ccccc2)CC1. The molecule has 0 saturated heterocycles. The maximum absolute atomic E-state index is 13.6. The molecule has 0 aliphatic heterocycles. The molecule has 4 rings (SSSR count). The number of hydrogen-bond donors (Lipinski definition) is 3. The fraction of sp³-hybridized carbons (Fsp3) is 0.250. The van der Waals surface area contributed by atoms with Gasteiger partial charge in [-0.15, -0.1) is 0 Å². The minimum Gasteiger partial charge on any atom is -0.472 e. The normalized spacial score (nSPS) is 14.4. The Labute approximate surface area is 188 Å². The van der Waals surface area contributed by atoms with Gasteiger partial charge >= 0.3 is 6.18 Å². The van der Waals surface area contributed by atoms with Gasteiger partial charge in [0.2, 0.25) is 5.91 Å². The first kappa shape index (κ1) is 22.4. The first-order valence-corrected chi connectivity index (χ1v) is 10.4. The molecule has 0 bridgehead atoms. The molecule has 1 fully saturated rings. The highest BCUT2D eigenvalue weighted by molar-refractivity contribution is 6.04. The third kappa shape index (κ3) is 5.36. The van der Waals surface area contributed by atoms with Gasteiger partial charge in [-0.1, -0.05) is 30.3 Å². The molecule has 0 unspecified atom stereocenters. The third-order valence-corrected chi connectivity index (χ3v) is 5.67. The van der Waals surface area contributed by atoms with Crippen molar-refractivity contribution in [3.05, 3.63) is 83.8 Å². The average molecular weight is 457 g/mol. The van der Waals surface area contributed by atoms with E-state index in [0.717, 1.165) is 24.5 Å². The van der Waals surface area contributed by atoms with Gasteiger partial charge in [0.15, 0.2) is 0 Å². The zero-order chi connectivity index (χ0) is 23.5. The van der Waals surface area contributed by atoms with Crippen molar-refractivity contribution in [1.82, 2.24) is 5.32 Å². The number of carbonyl (C=O) groups is 2. The van der Waals surface area contributed by atoms with E-state index in [9.17, 15) is 22.8 Å². The lowest BCUT2D eigenvalue weighted by Crippen LogP contribution is -2.36. The second kappa shape index (κ2) is 9.01. The number of amides is 2. The van der Waals surface area contributed by atoms with Crippen LogP contribution < -0.4 is 16.0 Å². The van der Waals surface area contributed by atoms with Crippen molar-refractivity contribution in [2.75, 3.05) is 23.7 Å². The summed E-state index contributed by atoms with van der Waals surface area (Å²) in [6.07, 6.45) is -0.290. The number of alkyl halides is 3. The van der Waals surface area contributed by atoms with Crippen LogP contribution in [0.4, 0.5) is 24.5 Å². The number of benzene rings is 2. The zero-order valence-corrected chi connectivity index (χ0v) is 17.5. The minimum atomic E-state index is -4.68. The number of rotatable bonds is 8. The van der Waals surface area contributed by atoms with E-state index < -0.39 is 23.6 Å². The molecule has 2 amide bonds. The molecule has 3 N–H and O–H groups in total. The van der Waals surface area contributed by atoms with Crippen molar-refractivity contribution in [2.24, 2.45) is 0 Å². The molecule has 1 saturated carbocycles. The van der Waals surface area contributed by atoms with Crippen LogP contribution in [0.15, 0.2) is 71.5 Å². The third-order valence-electron chi connectivity index (χ3n) is 5.67. The summed E-state index contributed by atoms with van der Waals surface area (Å²) in [5.74, 6) is -0.993. The molecule has 0 spiro atoms. The number of hydrogen-bond acceptors (Lipinski definition) is 4. The summed E-state index contributed by atoms with van der Waals surface area (Å²) in [6, 6.07) is 14.6. The number of halogens is 3. The number of anilines is 2. The fourth-order valence-electron chi connectivity index (χ4n) is 3.62. The van der Waals surface area contributed by atoms with Crippen LogP contribution in [0.3, 0.4) is 0 Å².